The summed E-state index contributed by atoms with van der Waals surface area (Å²) in [5.41, 5.74) is 0.0809. The van der Waals surface area contributed by atoms with E-state index in [1.54, 1.807) is 0 Å². The van der Waals surface area contributed by atoms with Crippen molar-refractivity contribution < 1.29 is 8.42 Å². The highest BCUT2D eigenvalue weighted by molar-refractivity contribution is 7.90. The Kier molecular flexibility index (Phi) is 4.20. The van der Waals surface area contributed by atoms with Crippen molar-refractivity contribution in [3.8, 4) is 0 Å². The third-order valence-corrected chi connectivity index (χ3v) is 2.38. The summed E-state index contributed by atoms with van der Waals surface area (Å²) in [6.07, 6.45) is 1.96. The summed E-state index contributed by atoms with van der Waals surface area (Å²) in [5.74, 6) is 0.274. The van der Waals surface area contributed by atoms with Gasteiger partial charge in [0.2, 0.25) is 0 Å². The molecule has 0 radical (unpaired) electrons. The van der Waals surface area contributed by atoms with Gasteiger partial charge in [0.15, 0.2) is 0 Å². The van der Waals surface area contributed by atoms with Crippen LogP contribution in [0, 0.1) is 0 Å². The van der Waals surface area contributed by atoms with Crippen LogP contribution in [-0.4, -0.2) is 32.5 Å². The lowest BCUT2D eigenvalue weighted by atomic mass is 10.1. The zero-order valence-electron chi connectivity index (χ0n) is 8.35. The van der Waals surface area contributed by atoms with E-state index in [2.05, 4.69) is 26.1 Å². The van der Waals surface area contributed by atoms with Crippen LogP contribution >= 0.6 is 0 Å². The first-order valence-electron chi connectivity index (χ1n) is 4.13. The molecule has 1 N–H and O–H groups in total. The highest BCUT2D eigenvalue weighted by atomic mass is 32.2. The van der Waals surface area contributed by atoms with Crippen molar-refractivity contribution in [3.63, 3.8) is 0 Å². The molecule has 0 unspecified atom stereocenters. The predicted octanol–water partition coefficient (Wildman–Crippen LogP) is 0.809. The summed E-state index contributed by atoms with van der Waals surface area (Å²) >= 11 is 0. The molecule has 0 saturated heterocycles. The van der Waals surface area contributed by atoms with Crippen molar-refractivity contribution in [2.75, 3.05) is 18.6 Å². The Morgan fingerprint density at radius 3 is 2.08 bits per heavy atom. The van der Waals surface area contributed by atoms with Gasteiger partial charge in [-0.1, -0.05) is 0 Å². The normalized spacial score (nSPS) is 13.3. The van der Waals surface area contributed by atoms with Crippen molar-refractivity contribution in [1.82, 2.24) is 5.32 Å². The van der Waals surface area contributed by atoms with Gasteiger partial charge in [0.1, 0.15) is 9.84 Å². The molecule has 74 valence electrons. The van der Waals surface area contributed by atoms with Crippen molar-refractivity contribution in [2.24, 2.45) is 0 Å². The van der Waals surface area contributed by atoms with Crippen LogP contribution in [0.15, 0.2) is 0 Å². The number of hydrogen-bond acceptors (Lipinski definition) is 3. The van der Waals surface area contributed by atoms with Crippen molar-refractivity contribution in [2.45, 2.75) is 32.7 Å². The molecule has 0 aliphatic rings. The quantitative estimate of drug-likeness (QED) is 0.672. The Labute approximate surface area is 75.5 Å². The lowest BCUT2D eigenvalue weighted by Gasteiger charge is -2.20. The SMILES string of the molecule is CC(C)(C)NCCCS(C)(=O)=O. The molecular formula is C8H19NO2S. The van der Waals surface area contributed by atoms with Gasteiger partial charge in [-0.3, -0.25) is 0 Å². The molecule has 0 spiro atoms. The van der Waals surface area contributed by atoms with Gasteiger partial charge in [0, 0.05) is 11.8 Å². The van der Waals surface area contributed by atoms with Crippen LogP contribution in [0.1, 0.15) is 27.2 Å². The summed E-state index contributed by atoms with van der Waals surface area (Å²) in [6, 6.07) is 0. The second kappa shape index (κ2) is 4.23. The molecule has 0 aliphatic heterocycles. The molecule has 4 heteroatoms. The Balaban J connectivity index is 3.48. The standard InChI is InChI=1S/C8H19NO2S/c1-8(2,3)9-6-5-7-12(4,10)11/h9H,5-7H2,1-4H3. The topological polar surface area (TPSA) is 46.2 Å². The fourth-order valence-corrected chi connectivity index (χ4v) is 1.47. The lowest BCUT2D eigenvalue weighted by Crippen LogP contribution is -2.36. The second-order valence-electron chi connectivity index (χ2n) is 4.16. The Morgan fingerprint density at radius 2 is 1.75 bits per heavy atom. The zero-order chi connectivity index (χ0) is 9.83. The molecule has 0 aromatic rings. The maximum absolute atomic E-state index is 10.7. The first-order valence-corrected chi connectivity index (χ1v) is 6.19. The van der Waals surface area contributed by atoms with E-state index in [4.69, 9.17) is 0 Å². The minimum Gasteiger partial charge on any atom is -0.312 e. The van der Waals surface area contributed by atoms with Crippen molar-refractivity contribution in [1.29, 1.82) is 0 Å². The van der Waals surface area contributed by atoms with Crippen LogP contribution in [0.4, 0.5) is 0 Å². The number of rotatable bonds is 4. The Morgan fingerprint density at radius 1 is 1.25 bits per heavy atom. The highest BCUT2D eigenvalue weighted by Gasteiger charge is 2.08. The van der Waals surface area contributed by atoms with E-state index in [0.717, 1.165) is 6.54 Å². The highest BCUT2D eigenvalue weighted by Crippen LogP contribution is 1.98. The molecule has 0 amide bonds. The van der Waals surface area contributed by atoms with Gasteiger partial charge in [-0.25, -0.2) is 8.42 Å². The molecule has 0 aliphatic carbocycles. The van der Waals surface area contributed by atoms with Gasteiger partial charge in [0.05, 0.1) is 5.75 Å². The summed E-state index contributed by atoms with van der Waals surface area (Å²) in [4.78, 5) is 0. The van der Waals surface area contributed by atoms with Crippen molar-refractivity contribution >= 4 is 9.84 Å². The molecule has 12 heavy (non-hydrogen) atoms. The van der Waals surface area contributed by atoms with E-state index in [9.17, 15) is 8.42 Å². The van der Waals surface area contributed by atoms with Gasteiger partial charge in [-0.05, 0) is 33.7 Å². The summed E-state index contributed by atoms with van der Waals surface area (Å²) in [5, 5.41) is 3.23. The largest absolute Gasteiger partial charge is 0.312 e. The second-order valence-corrected chi connectivity index (χ2v) is 6.42. The third kappa shape index (κ3) is 9.91. The summed E-state index contributed by atoms with van der Waals surface area (Å²) in [6.45, 7) is 6.95. The van der Waals surface area contributed by atoms with Gasteiger partial charge in [0.25, 0.3) is 0 Å². The zero-order valence-corrected chi connectivity index (χ0v) is 9.16. The number of hydrogen-bond donors (Lipinski definition) is 1. The molecule has 3 nitrogen and oxygen atoms in total. The summed E-state index contributed by atoms with van der Waals surface area (Å²) < 4.78 is 21.5. The maximum Gasteiger partial charge on any atom is 0.147 e. The predicted molar refractivity (Wildman–Crippen MR) is 52.1 cm³/mol. The van der Waals surface area contributed by atoms with Crippen LogP contribution in [0.2, 0.25) is 0 Å². The average Bonchev–Trinajstić information content (AvgIpc) is 1.76. The van der Waals surface area contributed by atoms with Crippen molar-refractivity contribution in [3.05, 3.63) is 0 Å². The van der Waals surface area contributed by atoms with Gasteiger partial charge < -0.3 is 5.32 Å². The van der Waals surface area contributed by atoms with Gasteiger partial charge in [-0.15, -0.1) is 0 Å². The van der Waals surface area contributed by atoms with Crippen LogP contribution in [-0.2, 0) is 9.84 Å². The maximum atomic E-state index is 10.7. The smallest absolute Gasteiger partial charge is 0.147 e. The van der Waals surface area contributed by atoms with Crippen LogP contribution in [0.3, 0.4) is 0 Å². The van der Waals surface area contributed by atoms with E-state index < -0.39 is 9.84 Å². The Bertz CT molecular complexity index is 214. The minimum atomic E-state index is -2.78. The summed E-state index contributed by atoms with van der Waals surface area (Å²) in [7, 11) is -2.78. The average molecular weight is 193 g/mol. The van der Waals surface area contributed by atoms with E-state index in [-0.39, 0.29) is 11.3 Å². The lowest BCUT2D eigenvalue weighted by molar-refractivity contribution is 0.426. The minimum absolute atomic E-state index is 0.0809. The van der Waals surface area contributed by atoms with Crippen LogP contribution in [0.5, 0.6) is 0 Å². The molecule has 0 bridgehead atoms. The Hall–Kier alpha value is -0.0900. The van der Waals surface area contributed by atoms with Gasteiger partial charge >= 0.3 is 0 Å². The van der Waals surface area contributed by atoms with E-state index >= 15 is 0 Å². The number of nitrogens with one attached hydrogen (secondary N) is 1. The van der Waals surface area contributed by atoms with E-state index in [0.29, 0.717) is 6.42 Å². The first kappa shape index (κ1) is 11.9. The fourth-order valence-electron chi connectivity index (χ4n) is 0.798. The fraction of sp³-hybridized carbons (Fsp3) is 1.00. The van der Waals surface area contributed by atoms with Crippen LogP contribution in [0.25, 0.3) is 0 Å². The van der Waals surface area contributed by atoms with E-state index in [1.807, 2.05) is 0 Å². The monoisotopic (exact) mass is 193 g/mol. The molecule has 0 heterocycles. The molecule has 0 fully saturated rings. The molecule has 0 aromatic heterocycles. The molecule has 0 aromatic carbocycles. The third-order valence-electron chi connectivity index (χ3n) is 1.35. The molecule has 0 atom stereocenters. The first-order chi connectivity index (χ1) is 5.21. The van der Waals surface area contributed by atoms with Gasteiger partial charge in [-0.2, -0.15) is 0 Å². The van der Waals surface area contributed by atoms with Crippen LogP contribution < -0.4 is 5.32 Å². The molecule has 0 saturated carbocycles. The molecule has 0 rings (SSSR count). The van der Waals surface area contributed by atoms with E-state index in [1.165, 1.54) is 6.26 Å². The molecular weight excluding hydrogens is 174 g/mol. The number of sulfone groups is 1.